The molecule has 31 heavy (non-hydrogen) atoms. The van der Waals surface area contributed by atoms with Gasteiger partial charge in [0.1, 0.15) is 5.75 Å². The van der Waals surface area contributed by atoms with Crippen LogP contribution in [-0.2, 0) is 16.4 Å². The highest BCUT2D eigenvalue weighted by molar-refractivity contribution is 9.10. The number of benzene rings is 3. The number of nitrogens with zero attached hydrogens (tertiary/aromatic N) is 1. The summed E-state index contributed by atoms with van der Waals surface area (Å²) in [5.41, 5.74) is 4.81. The van der Waals surface area contributed by atoms with Crippen LogP contribution in [0.5, 0.6) is 5.75 Å². The lowest BCUT2D eigenvalue weighted by molar-refractivity contribution is 0.344. The summed E-state index contributed by atoms with van der Waals surface area (Å²) in [6, 6.07) is 19.6. The van der Waals surface area contributed by atoms with Gasteiger partial charge in [0.25, 0.3) is 0 Å². The van der Waals surface area contributed by atoms with E-state index in [1.54, 1.807) is 34.6 Å². The molecular formula is C24H21BrN2O3S. The zero-order valence-electron chi connectivity index (χ0n) is 16.8. The van der Waals surface area contributed by atoms with Crippen molar-refractivity contribution in [2.45, 2.75) is 24.3 Å². The quantitative estimate of drug-likeness (QED) is 0.405. The Morgan fingerprint density at radius 1 is 1.06 bits per heavy atom. The lowest BCUT2D eigenvalue weighted by atomic mass is 9.92. The molecule has 0 radical (unpaired) electrons. The molecule has 4 aromatic rings. The van der Waals surface area contributed by atoms with Gasteiger partial charge < -0.3 is 10.1 Å². The minimum atomic E-state index is -3.75. The highest BCUT2D eigenvalue weighted by Crippen LogP contribution is 2.43. The topological polar surface area (TPSA) is 73.4 Å². The number of rotatable bonds is 3. The first-order valence-corrected chi connectivity index (χ1v) is 12.3. The number of H-pyrrole nitrogens is 1. The van der Waals surface area contributed by atoms with Crippen LogP contribution in [0.4, 0.5) is 0 Å². The van der Waals surface area contributed by atoms with Crippen LogP contribution < -0.4 is 0 Å². The molecule has 0 aliphatic carbocycles. The van der Waals surface area contributed by atoms with Crippen LogP contribution in [0, 0.1) is 6.92 Å². The van der Waals surface area contributed by atoms with Gasteiger partial charge >= 0.3 is 0 Å². The summed E-state index contributed by atoms with van der Waals surface area (Å²) in [5, 5.41) is 11.0. The summed E-state index contributed by atoms with van der Waals surface area (Å²) in [5.74, 6) is 0.117. The zero-order valence-corrected chi connectivity index (χ0v) is 19.2. The van der Waals surface area contributed by atoms with Gasteiger partial charge in [-0.15, -0.1) is 0 Å². The Morgan fingerprint density at radius 3 is 2.55 bits per heavy atom. The van der Waals surface area contributed by atoms with Crippen molar-refractivity contribution in [3.8, 4) is 5.75 Å². The summed E-state index contributed by atoms with van der Waals surface area (Å²) in [4.78, 5) is 3.76. The fourth-order valence-electron chi connectivity index (χ4n) is 4.35. The first-order chi connectivity index (χ1) is 14.9. The number of phenolic OH excluding ortho intramolecular Hbond substituents is 1. The van der Waals surface area contributed by atoms with E-state index in [0.29, 0.717) is 17.4 Å². The van der Waals surface area contributed by atoms with Gasteiger partial charge in [-0.1, -0.05) is 42.0 Å². The second-order valence-corrected chi connectivity index (χ2v) is 10.6. The van der Waals surface area contributed by atoms with Crippen LogP contribution in [0.25, 0.3) is 10.9 Å². The second-order valence-electron chi connectivity index (χ2n) is 7.86. The Bertz CT molecular complexity index is 1390. The van der Waals surface area contributed by atoms with Crippen molar-refractivity contribution >= 4 is 36.9 Å². The van der Waals surface area contributed by atoms with E-state index < -0.39 is 16.1 Å². The standard InChI is InChI=1S/C24H21BrN2O3S/c1-15-6-9-17(10-7-15)31(29,30)27-13-12-21-23(18-4-2-3-5-20(18)26-21)24(27)16-8-11-22(28)19(25)14-16/h2-11,14,24,26,28H,12-13H2,1H3. The molecule has 0 fully saturated rings. The maximum atomic E-state index is 13.8. The molecule has 1 aliphatic heterocycles. The molecule has 2 N–H and O–H groups in total. The molecule has 1 atom stereocenters. The van der Waals surface area contributed by atoms with Crippen LogP contribution in [0.1, 0.15) is 28.4 Å². The lowest BCUT2D eigenvalue weighted by Crippen LogP contribution is -2.40. The number of aromatic amines is 1. The summed E-state index contributed by atoms with van der Waals surface area (Å²) in [6.45, 7) is 2.30. The summed E-state index contributed by atoms with van der Waals surface area (Å²) >= 11 is 3.39. The van der Waals surface area contributed by atoms with E-state index in [1.165, 1.54) is 0 Å². The Kier molecular flexibility index (Phi) is 4.92. The number of para-hydroxylation sites is 1. The van der Waals surface area contributed by atoms with Crippen LogP contribution in [0.3, 0.4) is 0 Å². The van der Waals surface area contributed by atoms with Gasteiger partial charge in [0.15, 0.2) is 0 Å². The van der Waals surface area contributed by atoms with Crippen molar-refractivity contribution in [1.29, 1.82) is 0 Å². The van der Waals surface area contributed by atoms with Crippen molar-refractivity contribution in [1.82, 2.24) is 9.29 Å². The van der Waals surface area contributed by atoms with E-state index in [9.17, 15) is 13.5 Å². The maximum Gasteiger partial charge on any atom is 0.243 e. The molecular weight excluding hydrogens is 476 g/mol. The molecule has 0 spiro atoms. The van der Waals surface area contributed by atoms with E-state index in [1.807, 2.05) is 43.3 Å². The van der Waals surface area contributed by atoms with E-state index in [2.05, 4.69) is 20.9 Å². The smallest absolute Gasteiger partial charge is 0.243 e. The van der Waals surface area contributed by atoms with Crippen LogP contribution in [0.2, 0.25) is 0 Å². The molecule has 5 nitrogen and oxygen atoms in total. The number of phenols is 1. The molecule has 3 aromatic carbocycles. The zero-order chi connectivity index (χ0) is 21.8. The average Bonchev–Trinajstić information content (AvgIpc) is 3.14. The first-order valence-electron chi connectivity index (χ1n) is 10.0. The SMILES string of the molecule is Cc1ccc(S(=O)(=O)N2CCc3[nH]c4ccccc4c3C2c2ccc(O)c(Br)c2)cc1. The van der Waals surface area contributed by atoms with Crippen molar-refractivity contribution in [3.05, 3.63) is 93.6 Å². The van der Waals surface area contributed by atoms with Gasteiger partial charge in [0.2, 0.25) is 10.0 Å². The fourth-order valence-corrected chi connectivity index (χ4v) is 6.34. The fraction of sp³-hybridized carbons (Fsp3) is 0.167. The number of aromatic nitrogens is 1. The number of aromatic hydroxyl groups is 1. The largest absolute Gasteiger partial charge is 0.507 e. The number of nitrogens with one attached hydrogen (secondary N) is 1. The number of hydrogen-bond acceptors (Lipinski definition) is 3. The van der Waals surface area contributed by atoms with Gasteiger partial charge in [-0.25, -0.2) is 8.42 Å². The van der Waals surface area contributed by atoms with Gasteiger partial charge in [0, 0.05) is 35.1 Å². The number of halogens is 1. The number of hydrogen-bond donors (Lipinski definition) is 2. The average molecular weight is 497 g/mol. The van der Waals surface area contributed by atoms with E-state index in [4.69, 9.17) is 0 Å². The molecule has 0 bridgehead atoms. The Morgan fingerprint density at radius 2 is 1.81 bits per heavy atom. The van der Waals surface area contributed by atoms with Gasteiger partial charge in [-0.05, 0) is 58.7 Å². The third-order valence-electron chi connectivity index (χ3n) is 5.89. The van der Waals surface area contributed by atoms with Crippen molar-refractivity contribution in [3.63, 3.8) is 0 Å². The maximum absolute atomic E-state index is 13.8. The van der Waals surface area contributed by atoms with Crippen molar-refractivity contribution in [2.24, 2.45) is 0 Å². The molecule has 0 amide bonds. The minimum absolute atomic E-state index is 0.117. The normalized spacial score (nSPS) is 17.0. The predicted octanol–water partition coefficient (Wildman–Crippen LogP) is 5.28. The summed E-state index contributed by atoms with van der Waals surface area (Å²) < 4.78 is 29.6. The van der Waals surface area contributed by atoms with Crippen LogP contribution in [-0.4, -0.2) is 29.4 Å². The molecule has 0 saturated heterocycles. The van der Waals surface area contributed by atoms with Gasteiger partial charge in [0.05, 0.1) is 15.4 Å². The molecule has 158 valence electrons. The van der Waals surface area contributed by atoms with Gasteiger partial charge in [-0.3, -0.25) is 0 Å². The number of fused-ring (bicyclic) bond motifs is 3. The van der Waals surface area contributed by atoms with Crippen LogP contribution >= 0.6 is 15.9 Å². The molecule has 1 aliphatic rings. The van der Waals surface area contributed by atoms with E-state index in [0.717, 1.165) is 33.3 Å². The predicted molar refractivity (Wildman–Crippen MR) is 125 cm³/mol. The molecule has 0 saturated carbocycles. The molecule has 2 heterocycles. The monoisotopic (exact) mass is 496 g/mol. The third-order valence-corrected chi connectivity index (χ3v) is 8.40. The highest BCUT2D eigenvalue weighted by atomic mass is 79.9. The van der Waals surface area contributed by atoms with Gasteiger partial charge in [-0.2, -0.15) is 4.31 Å². The number of aryl methyl sites for hydroxylation is 1. The minimum Gasteiger partial charge on any atom is -0.507 e. The van der Waals surface area contributed by atoms with Crippen molar-refractivity contribution in [2.75, 3.05) is 6.54 Å². The number of sulfonamides is 1. The Hall–Kier alpha value is -2.61. The van der Waals surface area contributed by atoms with E-state index in [-0.39, 0.29) is 10.6 Å². The molecule has 1 unspecified atom stereocenters. The third kappa shape index (κ3) is 3.37. The van der Waals surface area contributed by atoms with Crippen LogP contribution in [0.15, 0.2) is 76.1 Å². The molecule has 1 aromatic heterocycles. The molecule has 7 heteroatoms. The van der Waals surface area contributed by atoms with E-state index >= 15 is 0 Å². The Labute approximate surface area is 189 Å². The highest BCUT2D eigenvalue weighted by Gasteiger charge is 2.39. The van der Waals surface area contributed by atoms with Crippen molar-refractivity contribution < 1.29 is 13.5 Å². The first kappa shape index (κ1) is 20.3. The lowest BCUT2D eigenvalue weighted by Gasteiger charge is -2.35. The summed E-state index contributed by atoms with van der Waals surface area (Å²) in [6.07, 6.45) is 0.602. The Balaban J connectivity index is 1.74. The summed E-state index contributed by atoms with van der Waals surface area (Å²) in [7, 11) is -3.75. The second kappa shape index (κ2) is 7.51. The molecule has 5 rings (SSSR count).